The number of hydrogen-bond acceptors (Lipinski definition) is 2. The molecular weight excluding hydrogens is 296 g/mol. The van der Waals surface area contributed by atoms with Gasteiger partial charge in [0.05, 0.1) is 16.8 Å². The molecule has 0 unspecified atom stereocenters. The molecule has 0 fully saturated rings. The van der Waals surface area contributed by atoms with E-state index in [-0.39, 0.29) is 0 Å². The molecule has 1 aromatic heterocycles. The van der Waals surface area contributed by atoms with E-state index in [1.54, 1.807) is 0 Å². The van der Waals surface area contributed by atoms with Crippen molar-refractivity contribution in [1.82, 2.24) is 9.29 Å². The molecule has 6 heteroatoms. The third kappa shape index (κ3) is 3.53. The number of benzene rings is 1. The molecule has 0 atom stereocenters. The molecule has 0 bridgehead atoms. The van der Waals surface area contributed by atoms with Gasteiger partial charge in [-0.3, -0.25) is 0 Å². The van der Waals surface area contributed by atoms with Crippen LogP contribution in [0.1, 0.15) is 19.0 Å². The molecule has 4 nitrogen and oxygen atoms in total. The average Bonchev–Trinajstić information content (AvgIpc) is 2.73. The standard InChI is InChI=1S/C14H19ClN2O2S/c1-3-12-10-11-6-4-7-13(15)14(11)17(12)9-5-8-16-20(2,18)19/h4,6-7,10,16H,3,5,8-9H2,1-2H3. The zero-order valence-electron chi connectivity index (χ0n) is 11.7. The lowest BCUT2D eigenvalue weighted by Gasteiger charge is -2.10. The van der Waals surface area contributed by atoms with Crippen molar-refractivity contribution in [2.24, 2.45) is 0 Å². The number of halogens is 1. The smallest absolute Gasteiger partial charge is 0.208 e. The second-order valence-corrected chi connectivity index (χ2v) is 7.08. The van der Waals surface area contributed by atoms with Crippen LogP contribution in [0.15, 0.2) is 24.3 Å². The predicted molar refractivity (Wildman–Crippen MR) is 83.8 cm³/mol. The summed E-state index contributed by atoms with van der Waals surface area (Å²) in [6.45, 7) is 3.29. The summed E-state index contributed by atoms with van der Waals surface area (Å²) < 4.78 is 26.8. The van der Waals surface area contributed by atoms with Crippen LogP contribution in [0.4, 0.5) is 0 Å². The van der Waals surface area contributed by atoms with Crippen molar-refractivity contribution >= 4 is 32.5 Å². The number of fused-ring (bicyclic) bond motifs is 1. The van der Waals surface area contributed by atoms with Gasteiger partial charge in [-0.05, 0) is 25.0 Å². The maximum atomic E-state index is 11.0. The first-order valence-electron chi connectivity index (χ1n) is 6.63. The first-order chi connectivity index (χ1) is 9.42. The molecule has 0 spiro atoms. The first-order valence-corrected chi connectivity index (χ1v) is 8.90. The fourth-order valence-corrected chi connectivity index (χ4v) is 3.18. The molecule has 1 N–H and O–H groups in total. The minimum atomic E-state index is -3.12. The molecule has 0 radical (unpaired) electrons. The Morgan fingerprint density at radius 1 is 1.35 bits per heavy atom. The Bertz CT molecular complexity index is 707. The highest BCUT2D eigenvalue weighted by Crippen LogP contribution is 2.27. The highest BCUT2D eigenvalue weighted by Gasteiger charge is 2.10. The Balaban J connectivity index is 2.20. The molecule has 0 saturated heterocycles. The monoisotopic (exact) mass is 314 g/mol. The zero-order chi connectivity index (χ0) is 14.8. The number of sulfonamides is 1. The molecule has 110 valence electrons. The fourth-order valence-electron chi connectivity index (χ4n) is 2.38. The van der Waals surface area contributed by atoms with Gasteiger partial charge in [0, 0.05) is 24.2 Å². The van der Waals surface area contributed by atoms with Crippen molar-refractivity contribution in [1.29, 1.82) is 0 Å². The molecule has 0 aliphatic heterocycles. The van der Waals surface area contributed by atoms with Crippen molar-refractivity contribution in [3.8, 4) is 0 Å². The number of rotatable bonds is 6. The van der Waals surface area contributed by atoms with Crippen LogP contribution < -0.4 is 4.72 Å². The quantitative estimate of drug-likeness (QED) is 0.834. The molecule has 1 aromatic carbocycles. The lowest BCUT2D eigenvalue weighted by molar-refractivity contribution is 0.575. The number of nitrogens with zero attached hydrogens (tertiary/aromatic N) is 1. The number of para-hydroxylation sites is 1. The predicted octanol–water partition coefficient (Wildman–Crippen LogP) is 2.80. The molecule has 2 aromatic rings. The van der Waals surface area contributed by atoms with Crippen molar-refractivity contribution in [3.63, 3.8) is 0 Å². The summed E-state index contributed by atoms with van der Waals surface area (Å²) in [7, 11) is -3.12. The van der Waals surface area contributed by atoms with Crippen molar-refractivity contribution < 1.29 is 8.42 Å². The highest BCUT2D eigenvalue weighted by molar-refractivity contribution is 7.88. The van der Waals surface area contributed by atoms with E-state index in [9.17, 15) is 8.42 Å². The molecule has 20 heavy (non-hydrogen) atoms. The van der Waals surface area contributed by atoms with Crippen molar-refractivity contribution in [3.05, 3.63) is 35.0 Å². The van der Waals surface area contributed by atoms with Gasteiger partial charge in [0.2, 0.25) is 10.0 Å². The summed E-state index contributed by atoms with van der Waals surface area (Å²) in [4.78, 5) is 0. The van der Waals surface area contributed by atoms with Gasteiger partial charge in [0.1, 0.15) is 0 Å². The van der Waals surface area contributed by atoms with E-state index in [0.717, 1.165) is 35.3 Å². The summed E-state index contributed by atoms with van der Waals surface area (Å²) in [6, 6.07) is 8.02. The van der Waals surface area contributed by atoms with Crippen LogP contribution in [0.25, 0.3) is 10.9 Å². The summed E-state index contributed by atoms with van der Waals surface area (Å²) in [5, 5.41) is 1.86. The Kier molecular flexibility index (Phi) is 4.73. The van der Waals surface area contributed by atoms with Gasteiger partial charge in [-0.2, -0.15) is 0 Å². The van der Waals surface area contributed by atoms with Gasteiger partial charge in [-0.1, -0.05) is 30.7 Å². The third-order valence-corrected chi connectivity index (χ3v) is 4.28. The van der Waals surface area contributed by atoms with E-state index in [1.807, 2.05) is 18.2 Å². The van der Waals surface area contributed by atoms with Crippen LogP contribution in [0.5, 0.6) is 0 Å². The molecule has 0 aliphatic rings. The summed E-state index contributed by atoms with van der Waals surface area (Å²) in [5.74, 6) is 0. The topological polar surface area (TPSA) is 51.1 Å². The van der Waals surface area contributed by atoms with Gasteiger partial charge in [0.15, 0.2) is 0 Å². The third-order valence-electron chi connectivity index (χ3n) is 3.24. The highest BCUT2D eigenvalue weighted by atomic mass is 35.5. The van der Waals surface area contributed by atoms with Gasteiger partial charge >= 0.3 is 0 Å². The lowest BCUT2D eigenvalue weighted by Crippen LogP contribution is -2.24. The van der Waals surface area contributed by atoms with E-state index >= 15 is 0 Å². The second kappa shape index (κ2) is 6.16. The summed E-state index contributed by atoms with van der Waals surface area (Å²) in [5.41, 5.74) is 2.25. The van der Waals surface area contributed by atoms with Crippen molar-refractivity contribution in [2.75, 3.05) is 12.8 Å². The molecule has 1 heterocycles. The second-order valence-electron chi connectivity index (χ2n) is 4.84. The minimum Gasteiger partial charge on any atom is -0.343 e. The Morgan fingerprint density at radius 2 is 2.10 bits per heavy atom. The first kappa shape index (κ1) is 15.4. The Hall–Kier alpha value is -1.04. The average molecular weight is 315 g/mol. The largest absolute Gasteiger partial charge is 0.343 e. The van der Waals surface area contributed by atoms with E-state index in [4.69, 9.17) is 11.6 Å². The van der Waals surface area contributed by atoms with Crippen LogP contribution >= 0.6 is 11.6 Å². The van der Waals surface area contributed by atoms with Gasteiger partial charge in [-0.25, -0.2) is 13.1 Å². The van der Waals surface area contributed by atoms with E-state index < -0.39 is 10.0 Å². The number of aryl methyl sites for hydroxylation is 2. The van der Waals surface area contributed by atoms with E-state index in [0.29, 0.717) is 6.54 Å². The van der Waals surface area contributed by atoms with Crippen LogP contribution in [0.3, 0.4) is 0 Å². The van der Waals surface area contributed by atoms with Crippen LogP contribution in [-0.2, 0) is 23.0 Å². The van der Waals surface area contributed by atoms with Crippen LogP contribution in [0.2, 0.25) is 5.02 Å². The molecule has 0 aliphatic carbocycles. The molecule has 0 amide bonds. The van der Waals surface area contributed by atoms with Gasteiger partial charge in [-0.15, -0.1) is 0 Å². The summed E-state index contributed by atoms with van der Waals surface area (Å²) >= 11 is 6.29. The maximum Gasteiger partial charge on any atom is 0.208 e. The minimum absolute atomic E-state index is 0.437. The van der Waals surface area contributed by atoms with Gasteiger partial charge in [0.25, 0.3) is 0 Å². The molecule has 0 saturated carbocycles. The van der Waals surface area contributed by atoms with E-state index in [1.165, 1.54) is 11.9 Å². The number of nitrogens with one attached hydrogen (secondary N) is 1. The fraction of sp³-hybridized carbons (Fsp3) is 0.429. The normalized spacial score (nSPS) is 12.2. The number of aromatic nitrogens is 1. The Morgan fingerprint density at radius 3 is 2.75 bits per heavy atom. The molecule has 2 rings (SSSR count). The summed E-state index contributed by atoms with van der Waals surface area (Å²) in [6.07, 6.45) is 2.83. The number of hydrogen-bond donors (Lipinski definition) is 1. The van der Waals surface area contributed by atoms with E-state index in [2.05, 4.69) is 22.3 Å². The SMILES string of the molecule is CCc1cc2cccc(Cl)c2n1CCCNS(C)(=O)=O. The van der Waals surface area contributed by atoms with Crippen LogP contribution in [-0.4, -0.2) is 25.8 Å². The van der Waals surface area contributed by atoms with Gasteiger partial charge < -0.3 is 4.57 Å². The zero-order valence-corrected chi connectivity index (χ0v) is 13.3. The van der Waals surface area contributed by atoms with Crippen LogP contribution in [0, 0.1) is 0 Å². The Labute approximate surface area is 124 Å². The lowest BCUT2D eigenvalue weighted by atomic mass is 10.2. The maximum absolute atomic E-state index is 11.0. The molecular formula is C14H19ClN2O2S. The van der Waals surface area contributed by atoms with Crippen molar-refractivity contribution in [2.45, 2.75) is 26.3 Å².